The van der Waals surface area contributed by atoms with Gasteiger partial charge in [-0.1, -0.05) is 58.4 Å². The monoisotopic (exact) mass is 358 g/mol. The van der Waals surface area contributed by atoms with Crippen LogP contribution in [-0.4, -0.2) is 21.1 Å². The zero-order valence-corrected chi connectivity index (χ0v) is 13.3. The van der Waals surface area contributed by atoms with Crippen molar-refractivity contribution < 1.29 is 0 Å². The van der Waals surface area contributed by atoms with Crippen LogP contribution in [0.15, 0.2) is 64.2 Å². The lowest BCUT2D eigenvalue weighted by Crippen LogP contribution is -1.95. The second-order valence-electron chi connectivity index (χ2n) is 4.30. The molecule has 0 saturated carbocycles. The molecule has 0 radical (unpaired) electrons. The Hall–Kier alpha value is -2.05. The highest BCUT2D eigenvalue weighted by molar-refractivity contribution is 9.10. The number of aromatic nitrogens is 3. The van der Waals surface area contributed by atoms with Crippen LogP contribution in [-0.2, 0) is 0 Å². The highest BCUT2D eigenvalue weighted by Gasteiger charge is 2.10. The Morgan fingerprint density at radius 1 is 1.10 bits per heavy atom. The SMILES string of the molecule is S=c1[nH]nc(-c2ccccc2Br)n1N=Cc1ccccc1. The number of H-pyrrole nitrogens is 1. The van der Waals surface area contributed by atoms with Crippen molar-refractivity contribution in [1.82, 2.24) is 14.9 Å². The highest BCUT2D eigenvalue weighted by atomic mass is 79.9. The molecule has 1 heterocycles. The summed E-state index contributed by atoms with van der Waals surface area (Å²) in [5, 5.41) is 11.5. The van der Waals surface area contributed by atoms with Crippen molar-refractivity contribution in [2.24, 2.45) is 5.10 Å². The van der Waals surface area contributed by atoms with E-state index in [4.69, 9.17) is 12.2 Å². The number of aromatic amines is 1. The zero-order valence-electron chi connectivity index (χ0n) is 10.9. The van der Waals surface area contributed by atoms with Crippen molar-refractivity contribution in [3.05, 3.63) is 69.4 Å². The van der Waals surface area contributed by atoms with Gasteiger partial charge in [-0.25, -0.2) is 5.10 Å². The Labute approximate surface area is 135 Å². The Morgan fingerprint density at radius 3 is 2.57 bits per heavy atom. The van der Waals surface area contributed by atoms with Gasteiger partial charge in [0.1, 0.15) is 0 Å². The van der Waals surface area contributed by atoms with E-state index in [9.17, 15) is 0 Å². The molecule has 6 heteroatoms. The molecule has 0 spiro atoms. The molecule has 0 aliphatic heterocycles. The summed E-state index contributed by atoms with van der Waals surface area (Å²) < 4.78 is 3.01. The number of nitrogens with zero attached hydrogens (tertiary/aromatic N) is 3. The molecule has 4 nitrogen and oxygen atoms in total. The number of benzene rings is 2. The Balaban J connectivity index is 2.05. The van der Waals surface area contributed by atoms with Crippen LogP contribution in [0.5, 0.6) is 0 Å². The van der Waals surface area contributed by atoms with E-state index in [1.165, 1.54) is 0 Å². The standard InChI is InChI=1S/C15H11BrN4S/c16-13-9-5-4-8-12(13)14-18-19-15(21)20(14)17-10-11-6-2-1-3-7-11/h1-10H,(H,19,21). The van der Waals surface area contributed by atoms with Crippen molar-refractivity contribution in [3.8, 4) is 11.4 Å². The molecule has 0 saturated heterocycles. The topological polar surface area (TPSA) is 46.0 Å². The van der Waals surface area contributed by atoms with E-state index in [2.05, 4.69) is 31.2 Å². The number of hydrogen-bond acceptors (Lipinski definition) is 3. The van der Waals surface area contributed by atoms with Crippen LogP contribution >= 0.6 is 28.1 Å². The summed E-state index contributed by atoms with van der Waals surface area (Å²) in [6.45, 7) is 0. The first-order valence-corrected chi connectivity index (χ1v) is 7.47. The van der Waals surface area contributed by atoms with Gasteiger partial charge < -0.3 is 0 Å². The third-order valence-corrected chi connectivity index (χ3v) is 3.84. The van der Waals surface area contributed by atoms with Crippen molar-refractivity contribution in [1.29, 1.82) is 0 Å². The van der Waals surface area contributed by atoms with Gasteiger partial charge in [-0.3, -0.25) is 0 Å². The maximum absolute atomic E-state index is 5.25. The van der Waals surface area contributed by atoms with Crippen LogP contribution in [0.2, 0.25) is 0 Å². The van der Waals surface area contributed by atoms with Gasteiger partial charge in [0, 0.05) is 10.0 Å². The van der Waals surface area contributed by atoms with Crippen LogP contribution < -0.4 is 0 Å². The van der Waals surface area contributed by atoms with Gasteiger partial charge in [0.15, 0.2) is 5.82 Å². The van der Waals surface area contributed by atoms with E-state index in [0.717, 1.165) is 15.6 Å². The van der Waals surface area contributed by atoms with E-state index >= 15 is 0 Å². The third kappa shape index (κ3) is 3.01. The molecule has 0 aliphatic carbocycles. The maximum Gasteiger partial charge on any atom is 0.216 e. The summed E-state index contributed by atoms with van der Waals surface area (Å²) in [7, 11) is 0. The minimum Gasteiger partial charge on any atom is -0.250 e. The first-order valence-electron chi connectivity index (χ1n) is 6.27. The van der Waals surface area contributed by atoms with E-state index in [-0.39, 0.29) is 0 Å². The Kier molecular flexibility index (Phi) is 4.08. The number of hydrogen-bond donors (Lipinski definition) is 1. The highest BCUT2D eigenvalue weighted by Crippen LogP contribution is 2.26. The van der Waals surface area contributed by atoms with Crippen LogP contribution in [0.4, 0.5) is 0 Å². The predicted octanol–water partition coefficient (Wildman–Crippen LogP) is 4.25. The van der Waals surface area contributed by atoms with Crippen molar-refractivity contribution in [3.63, 3.8) is 0 Å². The normalized spacial score (nSPS) is 11.1. The van der Waals surface area contributed by atoms with Crippen molar-refractivity contribution in [2.45, 2.75) is 0 Å². The lowest BCUT2D eigenvalue weighted by Gasteiger charge is -2.03. The zero-order chi connectivity index (χ0) is 14.7. The fourth-order valence-electron chi connectivity index (χ4n) is 1.88. The summed E-state index contributed by atoms with van der Waals surface area (Å²) in [6, 6.07) is 17.7. The smallest absolute Gasteiger partial charge is 0.216 e. The predicted molar refractivity (Wildman–Crippen MR) is 90.0 cm³/mol. The lowest BCUT2D eigenvalue weighted by molar-refractivity contribution is 0.871. The first-order chi connectivity index (χ1) is 10.3. The van der Waals surface area contributed by atoms with Crippen molar-refractivity contribution in [2.75, 3.05) is 0 Å². The average Bonchev–Trinajstić information content (AvgIpc) is 2.88. The molecule has 1 N–H and O–H groups in total. The quantitative estimate of drug-likeness (QED) is 0.561. The van der Waals surface area contributed by atoms with E-state index in [1.807, 2.05) is 54.6 Å². The first kappa shape index (κ1) is 13.9. The summed E-state index contributed by atoms with van der Waals surface area (Å²) in [6.07, 6.45) is 1.76. The van der Waals surface area contributed by atoms with Crippen LogP contribution in [0.3, 0.4) is 0 Å². The van der Waals surface area contributed by atoms with Gasteiger partial charge in [-0.15, -0.1) is 0 Å². The van der Waals surface area contributed by atoms with Crippen LogP contribution in [0.25, 0.3) is 11.4 Å². The van der Waals surface area contributed by atoms with Crippen LogP contribution in [0, 0.1) is 4.77 Å². The molecule has 104 valence electrons. The molecule has 0 unspecified atom stereocenters. The minimum absolute atomic E-state index is 0.452. The third-order valence-electron chi connectivity index (χ3n) is 2.89. The van der Waals surface area contributed by atoms with Gasteiger partial charge in [-0.05, 0) is 29.9 Å². The summed E-state index contributed by atoms with van der Waals surface area (Å²) in [5.41, 5.74) is 1.92. The van der Waals surface area contributed by atoms with Crippen LogP contribution in [0.1, 0.15) is 5.56 Å². The second kappa shape index (κ2) is 6.15. The molecule has 0 amide bonds. The molecule has 0 atom stereocenters. The molecule has 21 heavy (non-hydrogen) atoms. The van der Waals surface area contributed by atoms with Gasteiger partial charge in [0.05, 0.1) is 6.21 Å². The Bertz CT molecular complexity index is 836. The largest absolute Gasteiger partial charge is 0.250 e. The van der Waals surface area contributed by atoms with E-state index in [0.29, 0.717) is 10.6 Å². The van der Waals surface area contributed by atoms with Crippen molar-refractivity contribution >= 4 is 34.4 Å². The summed E-state index contributed by atoms with van der Waals surface area (Å²) >= 11 is 8.77. The average molecular weight is 359 g/mol. The number of halogens is 1. The fourth-order valence-corrected chi connectivity index (χ4v) is 2.52. The number of nitrogens with one attached hydrogen (secondary N) is 1. The molecule has 1 aromatic heterocycles. The number of rotatable bonds is 3. The summed E-state index contributed by atoms with van der Waals surface area (Å²) in [4.78, 5) is 0. The molecule has 0 fully saturated rings. The maximum atomic E-state index is 5.25. The van der Waals surface area contributed by atoms with E-state index in [1.54, 1.807) is 10.9 Å². The molecule has 2 aromatic carbocycles. The second-order valence-corrected chi connectivity index (χ2v) is 5.54. The van der Waals surface area contributed by atoms with Gasteiger partial charge in [0.25, 0.3) is 0 Å². The molecule has 3 rings (SSSR count). The van der Waals surface area contributed by atoms with Gasteiger partial charge in [-0.2, -0.15) is 14.9 Å². The molecule has 0 aliphatic rings. The fraction of sp³-hybridized carbons (Fsp3) is 0. The Morgan fingerprint density at radius 2 is 1.81 bits per heavy atom. The lowest BCUT2D eigenvalue weighted by atomic mass is 10.2. The van der Waals surface area contributed by atoms with Gasteiger partial charge >= 0.3 is 0 Å². The van der Waals surface area contributed by atoms with E-state index < -0.39 is 0 Å². The minimum atomic E-state index is 0.452. The van der Waals surface area contributed by atoms with Gasteiger partial charge in [0.2, 0.25) is 4.77 Å². The summed E-state index contributed by atoms with van der Waals surface area (Å²) in [5.74, 6) is 0.666. The molecule has 0 bridgehead atoms. The molecule has 3 aromatic rings. The molecular weight excluding hydrogens is 348 g/mol. The molecular formula is C15H11BrN4S.